The number of halogens is 1. The van der Waals surface area contributed by atoms with Crippen LogP contribution in [0.4, 0.5) is 16.2 Å². The standard InChI is InChI=1S/C29H41FN7O8P/c1-16(2)25(39)34-28-32-23(36(7)8)21-24(33-28)37(15-31-21)27-29(6,30)22(38)20(44-27)14-42-46(41,45-19-12-10-9-11-13-19)35-18(5)26(40)43-17(3)4/h9-13,15-18,20,22,27,38H,14H2,1-8H3,(H,35,41)(H,32,33,34,39)/t18-,20+,22+,27+,29+,46-/m0/s1. The maximum Gasteiger partial charge on any atom is 0.459 e. The molecule has 1 aliphatic heterocycles. The molecule has 1 saturated heterocycles. The van der Waals surface area contributed by atoms with Gasteiger partial charge in [0.15, 0.2) is 28.9 Å². The molecule has 3 aromatic rings. The number of ether oxygens (including phenoxy) is 2. The maximum absolute atomic E-state index is 16.3. The molecule has 4 rings (SSSR count). The predicted molar refractivity (Wildman–Crippen MR) is 167 cm³/mol. The van der Waals surface area contributed by atoms with Gasteiger partial charge < -0.3 is 24.0 Å². The van der Waals surface area contributed by atoms with Gasteiger partial charge >= 0.3 is 13.7 Å². The first-order valence-corrected chi connectivity index (χ1v) is 16.3. The molecule has 2 aromatic heterocycles. The van der Waals surface area contributed by atoms with Crippen LogP contribution in [0.2, 0.25) is 0 Å². The first kappa shape index (κ1) is 35.2. The summed E-state index contributed by atoms with van der Waals surface area (Å²) < 4.78 is 54.0. The van der Waals surface area contributed by atoms with Crippen LogP contribution in [0.25, 0.3) is 11.2 Å². The summed E-state index contributed by atoms with van der Waals surface area (Å²) in [4.78, 5) is 39.7. The number of hydrogen-bond donors (Lipinski definition) is 3. The van der Waals surface area contributed by atoms with Crippen molar-refractivity contribution in [2.75, 3.05) is 30.9 Å². The minimum Gasteiger partial charge on any atom is -0.462 e. The Labute approximate surface area is 266 Å². The third-order valence-corrected chi connectivity index (χ3v) is 8.63. The van der Waals surface area contributed by atoms with Crippen molar-refractivity contribution in [3.63, 3.8) is 0 Å². The van der Waals surface area contributed by atoms with Crippen LogP contribution in [0, 0.1) is 5.92 Å². The lowest BCUT2D eigenvalue weighted by molar-refractivity contribution is -0.149. The van der Waals surface area contributed by atoms with Gasteiger partial charge in [-0.15, -0.1) is 0 Å². The quantitative estimate of drug-likeness (QED) is 0.178. The van der Waals surface area contributed by atoms with Gasteiger partial charge in [0, 0.05) is 20.0 Å². The molecular weight excluding hydrogens is 624 g/mol. The number of alkyl halides is 1. The van der Waals surface area contributed by atoms with Crippen LogP contribution in [0.3, 0.4) is 0 Å². The normalized spacial score (nSPS) is 23.3. The molecule has 0 radical (unpaired) electrons. The molecule has 1 fully saturated rings. The molecule has 252 valence electrons. The summed E-state index contributed by atoms with van der Waals surface area (Å²) >= 11 is 0. The maximum atomic E-state index is 16.3. The molecule has 1 aromatic carbocycles. The molecule has 15 nitrogen and oxygen atoms in total. The summed E-state index contributed by atoms with van der Waals surface area (Å²) in [5, 5.41) is 16.3. The number of aliphatic hydroxyl groups is 1. The first-order chi connectivity index (χ1) is 21.5. The van der Waals surface area contributed by atoms with Crippen molar-refractivity contribution in [2.24, 2.45) is 5.92 Å². The topological polar surface area (TPSA) is 179 Å². The molecule has 17 heteroatoms. The number of anilines is 2. The molecule has 0 spiro atoms. The zero-order chi connectivity index (χ0) is 34.0. The van der Waals surface area contributed by atoms with E-state index < -0.39 is 56.6 Å². The SMILES string of the molecule is CC(C)OC(=O)[C@H](C)N[P@](=O)(OC[C@H]1O[C@@H](n2cnc3c(N(C)C)nc(NC(=O)C(C)C)nc32)[C@](C)(F)[C@@H]1O)Oc1ccccc1. The number of aliphatic hydroxyl groups excluding tert-OH is 1. The molecule has 6 atom stereocenters. The summed E-state index contributed by atoms with van der Waals surface area (Å²) in [6.45, 7) is 8.75. The third kappa shape index (κ3) is 7.81. The smallest absolute Gasteiger partial charge is 0.459 e. The molecule has 0 saturated carbocycles. The number of imidazole rings is 1. The van der Waals surface area contributed by atoms with E-state index in [2.05, 4.69) is 25.4 Å². The van der Waals surface area contributed by atoms with Crippen LogP contribution < -0.4 is 19.8 Å². The van der Waals surface area contributed by atoms with Crippen molar-refractivity contribution in [1.29, 1.82) is 0 Å². The molecule has 0 aliphatic carbocycles. The Balaban J connectivity index is 1.61. The Morgan fingerprint density at radius 2 is 1.85 bits per heavy atom. The number of fused-ring (bicyclic) bond motifs is 1. The van der Waals surface area contributed by atoms with E-state index in [0.717, 1.165) is 6.92 Å². The second-order valence-corrected chi connectivity index (χ2v) is 13.6. The van der Waals surface area contributed by atoms with Gasteiger partial charge in [0.1, 0.15) is 24.0 Å². The first-order valence-electron chi connectivity index (χ1n) is 14.7. The number of amides is 1. The van der Waals surface area contributed by atoms with Gasteiger partial charge in [-0.1, -0.05) is 32.0 Å². The second-order valence-electron chi connectivity index (χ2n) is 11.9. The minimum absolute atomic E-state index is 0.0224. The Morgan fingerprint density at radius 3 is 2.46 bits per heavy atom. The summed E-state index contributed by atoms with van der Waals surface area (Å²) in [7, 11) is -0.877. The number of rotatable bonds is 13. The van der Waals surface area contributed by atoms with Crippen LogP contribution in [0.15, 0.2) is 36.7 Å². The fraction of sp³-hybridized carbons (Fsp3) is 0.552. The lowest BCUT2D eigenvalue weighted by Crippen LogP contribution is -2.41. The van der Waals surface area contributed by atoms with E-state index in [0.29, 0.717) is 11.3 Å². The summed E-state index contributed by atoms with van der Waals surface area (Å²) in [5.41, 5.74) is -1.98. The number of nitrogens with zero attached hydrogens (tertiary/aromatic N) is 5. The third-order valence-electron chi connectivity index (χ3n) is 6.99. The number of esters is 1. The van der Waals surface area contributed by atoms with E-state index in [1.807, 2.05) is 0 Å². The summed E-state index contributed by atoms with van der Waals surface area (Å²) in [5.74, 6) is -0.861. The van der Waals surface area contributed by atoms with Crippen molar-refractivity contribution in [3.05, 3.63) is 36.7 Å². The fourth-order valence-corrected chi connectivity index (χ4v) is 6.05. The van der Waals surface area contributed by atoms with Crippen molar-refractivity contribution in [3.8, 4) is 5.75 Å². The molecule has 1 aliphatic rings. The number of aromatic nitrogens is 4. The van der Waals surface area contributed by atoms with Crippen molar-refractivity contribution in [2.45, 2.75) is 77.8 Å². The van der Waals surface area contributed by atoms with E-state index in [4.69, 9.17) is 18.5 Å². The second kappa shape index (κ2) is 14.0. The van der Waals surface area contributed by atoms with E-state index >= 15 is 4.39 Å². The van der Waals surface area contributed by atoms with Crippen LogP contribution in [-0.4, -0.2) is 87.2 Å². The Hall–Kier alpha value is -3.69. The highest BCUT2D eigenvalue weighted by atomic mass is 31.2. The van der Waals surface area contributed by atoms with Gasteiger partial charge in [-0.2, -0.15) is 15.1 Å². The minimum atomic E-state index is -4.33. The van der Waals surface area contributed by atoms with Gasteiger partial charge in [0.2, 0.25) is 11.9 Å². The number of benzene rings is 1. The van der Waals surface area contributed by atoms with Crippen LogP contribution in [0.1, 0.15) is 47.8 Å². The fourth-order valence-electron chi connectivity index (χ4n) is 4.55. The van der Waals surface area contributed by atoms with E-state index in [-0.39, 0.29) is 29.2 Å². The van der Waals surface area contributed by atoms with Crippen LogP contribution >= 0.6 is 7.75 Å². The average Bonchev–Trinajstić information content (AvgIpc) is 3.48. The van der Waals surface area contributed by atoms with Gasteiger partial charge in [-0.25, -0.2) is 13.9 Å². The van der Waals surface area contributed by atoms with Crippen LogP contribution in [-0.2, 0) is 28.2 Å². The highest BCUT2D eigenvalue weighted by Crippen LogP contribution is 2.48. The Morgan fingerprint density at radius 1 is 1.17 bits per heavy atom. The number of para-hydroxylation sites is 1. The molecule has 0 bridgehead atoms. The monoisotopic (exact) mass is 665 g/mol. The molecule has 3 N–H and O–H groups in total. The molecule has 1 amide bonds. The van der Waals surface area contributed by atoms with Crippen molar-refractivity contribution in [1.82, 2.24) is 24.6 Å². The average molecular weight is 666 g/mol. The molecule has 0 unspecified atom stereocenters. The van der Waals surface area contributed by atoms with E-state index in [1.54, 1.807) is 64.9 Å². The van der Waals surface area contributed by atoms with Gasteiger partial charge in [0.25, 0.3) is 0 Å². The zero-order valence-electron chi connectivity index (χ0n) is 27.0. The number of hydrogen-bond acceptors (Lipinski definition) is 12. The van der Waals surface area contributed by atoms with Gasteiger partial charge in [-0.3, -0.25) is 24.0 Å². The largest absolute Gasteiger partial charge is 0.462 e. The van der Waals surface area contributed by atoms with Crippen molar-refractivity contribution >= 4 is 42.6 Å². The lowest BCUT2D eigenvalue weighted by Gasteiger charge is -2.25. The Kier molecular flexibility index (Phi) is 10.7. The lowest BCUT2D eigenvalue weighted by atomic mass is 9.98. The number of carbonyl (C=O) groups excluding carboxylic acids is 2. The molecule has 46 heavy (non-hydrogen) atoms. The van der Waals surface area contributed by atoms with Gasteiger partial charge in [-0.05, 0) is 39.8 Å². The highest BCUT2D eigenvalue weighted by Gasteiger charge is 2.56. The van der Waals surface area contributed by atoms with Gasteiger partial charge in [0.05, 0.1) is 19.0 Å². The zero-order valence-corrected chi connectivity index (χ0v) is 27.9. The van der Waals surface area contributed by atoms with Crippen LogP contribution in [0.5, 0.6) is 5.75 Å². The molecule has 3 heterocycles. The number of nitrogens with one attached hydrogen (secondary N) is 2. The molecular formula is C29H41FN7O8P. The predicted octanol–water partition coefficient (Wildman–Crippen LogP) is 3.61. The summed E-state index contributed by atoms with van der Waals surface area (Å²) in [6, 6.07) is 7.00. The highest BCUT2D eigenvalue weighted by molar-refractivity contribution is 7.52. The van der Waals surface area contributed by atoms with E-state index in [1.165, 1.54) is 30.0 Å². The summed E-state index contributed by atoms with van der Waals surface area (Å²) in [6.07, 6.45) is -3.71. The van der Waals surface area contributed by atoms with E-state index in [9.17, 15) is 19.3 Å². The number of carbonyl (C=O) groups is 2. The van der Waals surface area contributed by atoms with Crippen molar-refractivity contribution < 1.29 is 42.2 Å². The Bertz CT molecular complexity index is 1590.